The summed E-state index contributed by atoms with van der Waals surface area (Å²) < 4.78 is 0.943. The molecule has 108 valence electrons. The average molecular weight is 347 g/mol. The van der Waals surface area contributed by atoms with Gasteiger partial charge in [0.2, 0.25) is 0 Å². The molecular formula is C16H15BrN2O2. The molecule has 2 aromatic rings. The first-order chi connectivity index (χ1) is 10.1. The summed E-state index contributed by atoms with van der Waals surface area (Å²) in [4.78, 5) is 18.0. The van der Waals surface area contributed by atoms with Crippen molar-refractivity contribution in [3.63, 3.8) is 0 Å². The summed E-state index contributed by atoms with van der Waals surface area (Å²) in [5.41, 5.74) is 2.97. The van der Waals surface area contributed by atoms with Gasteiger partial charge < -0.3 is 5.11 Å². The predicted molar refractivity (Wildman–Crippen MR) is 82.9 cm³/mol. The lowest BCUT2D eigenvalue weighted by Crippen LogP contribution is -2.36. The molecule has 0 saturated carbocycles. The molecule has 2 heterocycles. The van der Waals surface area contributed by atoms with E-state index in [9.17, 15) is 9.90 Å². The lowest BCUT2D eigenvalue weighted by Gasteiger charge is -2.32. The summed E-state index contributed by atoms with van der Waals surface area (Å²) in [6, 6.07) is 11.7. The molecule has 0 amide bonds. The van der Waals surface area contributed by atoms with Gasteiger partial charge in [-0.15, -0.1) is 0 Å². The van der Waals surface area contributed by atoms with Crippen LogP contribution in [0, 0.1) is 0 Å². The Morgan fingerprint density at radius 2 is 2.14 bits per heavy atom. The number of fused-ring (bicyclic) bond motifs is 1. The van der Waals surface area contributed by atoms with Gasteiger partial charge in [0.25, 0.3) is 0 Å². The number of carbonyl (C=O) groups is 1. The highest BCUT2D eigenvalue weighted by atomic mass is 79.9. The van der Waals surface area contributed by atoms with E-state index < -0.39 is 11.9 Å². The first kappa shape index (κ1) is 14.2. The molecule has 1 unspecified atom stereocenters. The predicted octanol–water partition coefficient (Wildman–Crippen LogP) is 3.03. The summed E-state index contributed by atoms with van der Waals surface area (Å²) in [6.45, 7) is 1.94. The molecule has 1 N–H and O–H groups in total. The molecule has 5 heteroatoms. The highest BCUT2D eigenvalue weighted by Gasteiger charge is 2.30. The van der Waals surface area contributed by atoms with Crippen molar-refractivity contribution in [1.29, 1.82) is 0 Å². The summed E-state index contributed by atoms with van der Waals surface area (Å²) in [7, 11) is 0. The zero-order chi connectivity index (χ0) is 14.8. The van der Waals surface area contributed by atoms with Gasteiger partial charge in [-0.3, -0.25) is 14.7 Å². The van der Waals surface area contributed by atoms with E-state index in [1.807, 2.05) is 36.4 Å². The Balaban J connectivity index is 1.83. The molecule has 0 aliphatic carbocycles. The monoisotopic (exact) mass is 346 g/mol. The van der Waals surface area contributed by atoms with E-state index in [0.29, 0.717) is 13.1 Å². The molecule has 0 fully saturated rings. The first-order valence-corrected chi connectivity index (χ1v) is 7.56. The Morgan fingerprint density at radius 1 is 1.33 bits per heavy atom. The fourth-order valence-electron chi connectivity index (χ4n) is 2.74. The molecule has 0 spiro atoms. The van der Waals surface area contributed by atoms with Crippen molar-refractivity contribution in [2.24, 2.45) is 0 Å². The average Bonchev–Trinajstić information content (AvgIpc) is 2.48. The van der Waals surface area contributed by atoms with Crippen LogP contribution in [-0.2, 0) is 17.9 Å². The van der Waals surface area contributed by atoms with Gasteiger partial charge in [-0.05, 0) is 39.2 Å². The Morgan fingerprint density at radius 3 is 2.86 bits per heavy atom. The van der Waals surface area contributed by atoms with Gasteiger partial charge in [0.1, 0.15) is 0 Å². The Hall–Kier alpha value is -1.72. The molecule has 1 atom stereocenters. The number of nitrogens with zero attached hydrogens (tertiary/aromatic N) is 2. The molecule has 0 radical (unpaired) electrons. The van der Waals surface area contributed by atoms with Crippen molar-refractivity contribution in [3.8, 4) is 0 Å². The van der Waals surface area contributed by atoms with E-state index in [0.717, 1.165) is 27.8 Å². The molecule has 4 nitrogen and oxygen atoms in total. The van der Waals surface area contributed by atoms with E-state index >= 15 is 0 Å². The van der Waals surface area contributed by atoms with Crippen molar-refractivity contribution in [2.75, 3.05) is 6.54 Å². The van der Waals surface area contributed by atoms with E-state index in [-0.39, 0.29) is 0 Å². The summed E-state index contributed by atoms with van der Waals surface area (Å²) in [5, 5.41) is 9.46. The van der Waals surface area contributed by atoms with Crippen LogP contribution in [0.1, 0.15) is 22.7 Å². The van der Waals surface area contributed by atoms with Crippen LogP contribution in [0.25, 0.3) is 0 Å². The third kappa shape index (κ3) is 3.14. The van der Waals surface area contributed by atoms with E-state index in [1.165, 1.54) is 0 Å². The third-order valence-corrected chi connectivity index (χ3v) is 4.21. The Kier molecular flexibility index (Phi) is 4.03. The molecular weight excluding hydrogens is 332 g/mol. The van der Waals surface area contributed by atoms with E-state index in [4.69, 9.17) is 0 Å². The maximum Gasteiger partial charge on any atom is 0.312 e. The van der Waals surface area contributed by atoms with Crippen molar-refractivity contribution < 1.29 is 9.90 Å². The Bertz CT molecular complexity index is 658. The fraction of sp³-hybridized carbons (Fsp3) is 0.250. The number of rotatable bonds is 3. The number of benzene rings is 1. The van der Waals surface area contributed by atoms with Crippen LogP contribution in [-0.4, -0.2) is 27.5 Å². The van der Waals surface area contributed by atoms with Crippen LogP contribution in [0.15, 0.2) is 47.1 Å². The largest absolute Gasteiger partial charge is 0.481 e. The van der Waals surface area contributed by atoms with Gasteiger partial charge in [-0.1, -0.05) is 24.3 Å². The second-order valence-electron chi connectivity index (χ2n) is 5.23. The van der Waals surface area contributed by atoms with Crippen LogP contribution < -0.4 is 0 Å². The van der Waals surface area contributed by atoms with Gasteiger partial charge in [0.05, 0.1) is 11.6 Å². The summed E-state index contributed by atoms with van der Waals surface area (Å²) >= 11 is 3.37. The third-order valence-electron chi connectivity index (χ3n) is 3.74. The minimum Gasteiger partial charge on any atom is -0.481 e. The molecule has 1 aromatic carbocycles. The maximum absolute atomic E-state index is 11.5. The lowest BCUT2D eigenvalue weighted by atomic mass is 9.90. The van der Waals surface area contributed by atoms with Crippen LogP contribution in [0.3, 0.4) is 0 Å². The van der Waals surface area contributed by atoms with E-state index in [2.05, 4.69) is 25.8 Å². The van der Waals surface area contributed by atoms with Gasteiger partial charge in [-0.25, -0.2) is 0 Å². The van der Waals surface area contributed by atoms with Crippen LogP contribution >= 0.6 is 15.9 Å². The molecule has 0 bridgehead atoms. The number of aromatic nitrogens is 1. The van der Waals surface area contributed by atoms with Crippen molar-refractivity contribution in [1.82, 2.24) is 9.88 Å². The topological polar surface area (TPSA) is 53.4 Å². The van der Waals surface area contributed by atoms with E-state index in [1.54, 1.807) is 6.20 Å². The number of aliphatic carboxylic acids is 1. The highest BCUT2D eigenvalue weighted by Crippen LogP contribution is 2.29. The minimum absolute atomic E-state index is 0.467. The number of halogens is 1. The lowest BCUT2D eigenvalue weighted by molar-refractivity contribution is -0.139. The second-order valence-corrected chi connectivity index (χ2v) is 6.14. The molecule has 1 aromatic heterocycles. The molecule has 21 heavy (non-hydrogen) atoms. The Labute approximate surface area is 131 Å². The molecule has 3 rings (SSSR count). The molecule has 1 aliphatic rings. The van der Waals surface area contributed by atoms with Crippen molar-refractivity contribution >= 4 is 21.9 Å². The smallest absolute Gasteiger partial charge is 0.312 e. The molecule has 0 saturated heterocycles. The zero-order valence-corrected chi connectivity index (χ0v) is 13.0. The highest BCUT2D eigenvalue weighted by molar-refractivity contribution is 9.10. The van der Waals surface area contributed by atoms with Gasteiger partial charge >= 0.3 is 5.97 Å². The molecule has 1 aliphatic heterocycles. The minimum atomic E-state index is -0.768. The van der Waals surface area contributed by atoms with Gasteiger partial charge in [-0.2, -0.15) is 0 Å². The van der Waals surface area contributed by atoms with Gasteiger partial charge in [0.15, 0.2) is 0 Å². The second kappa shape index (κ2) is 5.95. The zero-order valence-electron chi connectivity index (χ0n) is 11.4. The number of carboxylic acids is 1. The van der Waals surface area contributed by atoms with Crippen LogP contribution in [0.2, 0.25) is 0 Å². The normalized spacial score (nSPS) is 18.2. The quantitative estimate of drug-likeness (QED) is 0.927. The van der Waals surface area contributed by atoms with Gasteiger partial charge in [0, 0.05) is 30.3 Å². The van der Waals surface area contributed by atoms with Crippen LogP contribution in [0.4, 0.5) is 0 Å². The van der Waals surface area contributed by atoms with Crippen LogP contribution in [0.5, 0.6) is 0 Å². The first-order valence-electron chi connectivity index (χ1n) is 6.77. The number of pyridine rings is 1. The SMILES string of the molecule is O=C(O)C1CN(Cc2ccc(Br)cn2)Cc2ccccc21. The number of hydrogen-bond acceptors (Lipinski definition) is 3. The summed E-state index contributed by atoms with van der Waals surface area (Å²) in [6.07, 6.45) is 1.77. The maximum atomic E-state index is 11.5. The standard InChI is InChI=1S/C16H15BrN2O2/c17-12-5-6-13(18-7-12)9-19-8-11-3-1-2-4-14(11)15(10-19)16(20)21/h1-7,15H,8-10H2,(H,20,21). The van der Waals surface area contributed by atoms with Crippen molar-refractivity contribution in [3.05, 3.63) is 63.9 Å². The summed E-state index contributed by atoms with van der Waals surface area (Å²) in [5.74, 6) is -1.23. The fourth-order valence-corrected chi connectivity index (χ4v) is 2.98. The number of carboxylic acid groups (broad SMARTS) is 1. The number of hydrogen-bond donors (Lipinski definition) is 1. The van der Waals surface area contributed by atoms with Crippen molar-refractivity contribution in [2.45, 2.75) is 19.0 Å².